The van der Waals surface area contributed by atoms with E-state index in [0.717, 1.165) is 21.3 Å². The molecule has 0 fully saturated rings. The maximum absolute atomic E-state index is 11.4. The molecule has 0 saturated heterocycles. The summed E-state index contributed by atoms with van der Waals surface area (Å²) in [5.41, 5.74) is 1.17. The van der Waals surface area contributed by atoms with Gasteiger partial charge < -0.3 is 0 Å². The second-order valence-electron chi connectivity index (χ2n) is 5.17. The Morgan fingerprint density at radius 2 is 1.43 bits per heavy atom. The Labute approximate surface area is 133 Å². The molecule has 0 aliphatic carbocycles. The molecule has 21 heavy (non-hydrogen) atoms. The number of benzene rings is 1. The van der Waals surface area contributed by atoms with Crippen molar-refractivity contribution in [1.82, 2.24) is 0 Å². The summed E-state index contributed by atoms with van der Waals surface area (Å²) in [4.78, 5) is 22.7. The fourth-order valence-electron chi connectivity index (χ4n) is 1.36. The van der Waals surface area contributed by atoms with Gasteiger partial charge in [0.25, 0.3) is 0 Å². The van der Waals surface area contributed by atoms with Gasteiger partial charge in [0.05, 0.1) is 0 Å². The summed E-state index contributed by atoms with van der Waals surface area (Å²) in [5.74, 6) is -1.20. The molecule has 4 nitrogen and oxygen atoms in total. The van der Waals surface area contributed by atoms with Crippen LogP contribution >= 0.6 is 20.6 Å². The first-order valence-corrected chi connectivity index (χ1v) is 9.12. The van der Waals surface area contributed by atoms with Crippen LogP contribution in [0, 0.1) is 3.57 Å². The predicted octanol–water partition coefficient (Wildman–Crippen LogP) is 3.95. The number of carbonyl (C=O) groups excluding carboxylic acids is 2. The van der Waals surface area contributed by atoms with E-state index in [1.54, 1.807) is 0 Å². The van der Waals surface area contributed by atoms with Crippen molar-refractivity contribution in [3.8, 4) is 0 Å². The molecule has 0 aliphatic rings. The minimum absolute atomic E-state index is 0.0210. The van der Waals surface area contributed by atoms with Crippen molar-refractivity contribution in [2.45, 2.75) is 26.2 Å². The third kappa shape index (κ3) is 5.34. The zero-order chi connectivity index (χ0) is 16.0. The van der Waals surface area contributed by atoms with Gasteiger partial charge in [-0.3, -0.25) is 0 Å². The Morgan fingerprint density at radius 1 is 1.00 bits per heavy atom. The van der Waals surface area contributed by atoms with Gasteiger partial charge in [-0.1, -0.05) is 0 Å². The fraction of sp³-hybridized carbons (Fsp3) is 0.250. The fourth-order valence-corrected chi connectivity index (χ4v) is 4.05. The Balaban J connectivity index is 3.01. The molecule has 0 N–H and O–H groups in total. The topological polar surface area (TPSA) is 52.6 Å². The Hall–Kier alpha value is -1.63. The number of carbonyl (C=O) groups is 2. The molecule has 1 aromatic rings. The van der Waals surface area contributed by atoms with Crippen molar-refractivity contribution in [1.29, 1.82) is 0 Å². The van der Waals surface area contributed by atoms with Gasteiger partial charge in [-0.05, 0) is 0 Å². The first-order chi connectivity index (χ1) is 9.77. The summed E-state index contributed by atoms with van der Waals surface area (Å²) in [6, 6.07) is 7.56. The van der Waals surface area contributed by atoms with Crippen LogP contribution in [0.5, 0.6) is 0 Å². The van der Waals surface area contributed by atoms with E-state index in [4.69, 9.17) is 6.13 Å². The normalized spacial score (nSPS) is 11.3. The molecule has 0 amide bonds. The average molecular weight is 402 g/mol. The van der Waals surface area contributed by atoms with Crippen LogP contribution < -0.4 is 0 Å². The molecule has 0 aliphatic heterocycles. The van der Waals surface area contributed by atoms with Crippen molar-refractivity contribution in [2.24, 2.45) is 0 Å². The second-order valence-corrected chi connectivity index (χ2v) is 8.54. The van der Waals surface area contributed by atoms with E-state index < -0.39 is 32.6 Å². The molecule has 0 aromatic heterocycles. The van der Waals surface area contributed by atoms with Crippen LogP contribution in [0.25, 0.3) is 0 Å². The molecule has 0 spiro atoms. The first kappa shape index (κ1) is 17.4. The zero-order valence-electron chi connectivity index (χ0n) is 12.4. The second kappa shape index (κ2) is 7.40. The summed E-state index contributed by atoms with van der Waals surface area (Å²) in [5, 5.41) is 0. The van der Waals surface area contributed by atoms with Crippen LogP contribution in [0.1, 0.15) is 26.3 Å². The van der Waals surface area contributed by atoms with Gasteiger partial charge in [0.1, 0.15) is 0 Å². The van der Waals surface area contributed by atoms with E-state index in [1.807, 2.05) is 24.3 Å². The molecule has 5 heteroatoms. The average Bonchev–Trinajstić information content (AvgIpc) is 2.45. The Morgan fingerprint density at radius 3 is 1.76 bits per heavy atom. The first-order valence-electron chi connectivity index (χ1n) is 6.28. The summed E-state index contributed by atoms with van der Waals surface area (Å²) < 4.78 is 11.1. The minimum atomic E-state index is -2.86. The molecule has 0 unspecified atom stereocenters. The van der Waals surface area contributed by atoms with Gasteiger partial charge in [0.2, 0.25) is 0 Å². The zero-order valence-corrected chi connectivity index (χ0v) is 14.5. The van der Waals surface area contributed by atoms with Gasteiger partial charge in [0, 0.05) is 0 Å². The van der Waals surface area contributed by atoms with Gasteiger partial charge in [-0.2, -0.15) is 0 Å². The Bertz CT molecular complexity index is 518. The van der Waals surface area contributed by atoms with Gasteiger partial charge in [-0.15, -0.1) is 0 Å². The van der Waals surface area contributed by atoms with Crippen LogP contribution in [-0.2, 0) is 21.1 Å². The van der Waals surface area contributed by atoms with Crippen LogP contribution in [0.4, 0.5) is 0 Å². The molecule has 1 aromatic carbocycles. The van der Waals surface area contributed by atoms with Crippen LogP contribution in [-0.4, -0.2) is 11.9 Å². The standard InChI is InChI=1S/C16H19IO4/c1-6-14(18)20-17(21-15(19)7-2)13-10-8-12(9-11-13)16(3,4)5/h6-11H,1-2H2,3-5H3. The van der Waals surface area contributed by atoms with Gasteiger partial charge >= 0.3 is 133 Å². The summed E-state index contributed by atoms with van der Waals surface area (Å²) in [6.07, 6.45) is 2.10. The van der Waals surface area contributed by atoms with Crippen molar-refractivity contribution < 1.29 is 15.7 Å². The molecular formula is C16H19IO4. The van der Waals surface area contributed by atoms with E-state index in [0.29, 0.717) is 0 Å². The van der Waals surface area contributed by atoms with Crippen LogP contribution in [0.2, 0.25) is 0 Å². The van der Waals surface area contributed by atoms with E-state index in [-0.39, 0.29) is 5.41 Å². The summed E-state index contributed by atoms with van der Waals surface area (Å²) >= 11 is -2.86. The van der Waals surface area contributed by atoms with Crippen molar-refractivity contribution in [3.05, 3.63) is 58.7 Å². The molecule has 1 rings (SSSR count). The molecular weight excluding hydrogens is 383 g/mol. The van der Waals surface area contributed by atoms with Crippen LogP contribution in [0.3, 0.4) is 0 Å². The van der Waals surface area contributed by atoms with E-state index in [1.165, 1.54) is 0 Å². The molecule has 0 saturated carbocycles. The van der Waals surface area contributed by atoms with Gasteiger partial charge in [0.15, 0.2) is 0 Å². The molecule has 0 radical (unpaired) electrons. The third-order valence-electron chi connectivity index (χ3n) is 2.51. The van der Waals surface area contributed by atoms with Crippen molar-refractivity contribution in [2.75, 3.05) is 0 Å². The summed E-state index contributed by atoms with van der Waals surface area (Å²) in [6.45, 7) is 13.0. The quantitative estimate of drug-likeness (QED) is 0.553. The van der Waals surface area contributed by atoms with Crippen molar-refractivity contribution >= 4 is 32.6 Å². The van der Waals surface area contributed by atoms with Crippen molar-refractivity contribution in [3.63, 3.8) is 0 Å². The SMILES string of the molecule is C=CC(=O)OI(OC(=O)C=C)c1ccc(C(C)(C)C)cc1. The van der Waals surface area contributed by atoms with E-state index >= 15 is 0 Å². The van der Waals surface area contributed by atoms with Crippen LogP contribution in [0.15, 0.2) is 49.6 Å². The predicted molar refractivity (Wildman–Crippen MR) is 90.4 cm³/mol. The molecule has 0 atom stereocenters. The van der Waals surface area contributed by atoms with Gasteiger partial charge in [-0.25, -0.2) is 0 Å². The summed E-state index contributed by atoms with van der Waals surface area (Å²) in [7, 11) is 0. The number of hydrogen-bond acceptors (Lipinski definition) is 4. The molecule has 0 bridgehead atoms. The monoisotopic (exact) mass is 402 g/mol. The Kier molecular flexibility index (Phi) is 6.14. The number of halogens is 1. The number of hydrogen-bond donors (Lipinski definition) is 0. The van der Waals surface area contributed by atoms with E-state index in [9.17, 15) is 9.59 Å². The van der Waals surface area contributed by atoms with E-state index in [2.05, 4.69) is 33.9 Å². The molecule has 114 valence electrons. The third-order valence-corrected chi connectivity index (χ3v) is 5.92. The molecule has 0 heterocycles. The maximum atomic E-state index is 11.4. The number of rotatable bonds is 5.